The Hall–Kier alpha value is -1.30. The number of hydrogen-bond acceptors (Lipinski definition) is 4. The Bertz CT molecular complexity index is 659. The van der Waals surface area contributed by atoms with E-state index in [1.54, 1.807) is 12.1 Å². The van der Waals surface area contributed by atoms with Crippen molar-refractivity contribution in [1.82, 2.24) is 4.98 Å². The van der Waals surface area contributed by atoms with Crippen LogP contribution in [0.25, 0.3) is 0 Å². The van der Waals surface area contributed by atoms with Crippen LogP contribution < -0.4 is 4.18 Å². The van der Waals surface area contributed by atoms with Crippen molar-refractivity contribution < 1.29 is 12.6 Å². The molecule has 0 atom stereocenters. The summed E-state index contributed by atoms with van der Waals surface area (Å²) >= 11 is 11.5. The lowest BCUT2D eigenvalue weighted by atomic mass is 10.4. The van der Waals surface area contributed by atoms with Crippen LogP contribution in [0.3, 0.4) is 0 Å². The van der Waals surface area contributed by atoms with Crippen LogP contribution in [0.15, 0.2) is 47.5 Å². The zero-order valence-electron chi connectivity index (χ0n) is 8.88. The van der Waals surface area contributed by atoms with Gasteiger partial charge in [0.2, 0.25) is 5.88 Å². The van der Waals surface area contributed by atoms with Crippen LogP contribution in [-0.2, 0) is 10.1 Å². The Balaban J connectivity index is 2.37. The second kappa shape index (κ2) is 5.14. The molecule has 1 aromatic heterocycles. The Kier molecular flexibility index (Phi) is 3.75. The van der Waals surface area contributed by atoms with Crippen LogP contribution in [0.1, 0.15) is 0 Å². The van der Waals surface area contributed by atoms with Gasteiger partial charge < -0.3 is 4.18 Å². The minimum Gasteiger partial charge on any atom is -0.358 e. The number of aromatic nitrogens is 1. The van der Waals surface area contributed by atoms with Gasteiger partial charge in [-0.1, -0.05) is 29.3 Å². The summed E-state index contributed by atoms with van der Waals surface area (Å²) < 4.78 is 28.7. The molecule has 0 radical (unpaired) electrons. The lowest BCUT2D eigenvalue weighted by Crippen LogP contribution is -2.11. The Morgan fingerprint density at radius 2 is 1.89 bits per heavy atom. The Morgan fingerprint density at radius 1 is 1.11 bits per heavy atom. The summed E-state index contributed by atoms with van der Waals surface area (Å²) in [5.41, 5.74) is 0. The predicted molar refractivity (Wildman–Crippen MR) is 68.5 cm³/mol. The van der Waals surface area contributed by atoms with E-state index in [1.807, 2.05) is 0 Å². The van der Waals surface area contributed by atoms with Crippen LogP contribution in [0.2, 0.25) is 10.0 Å². The molecule has 4 nitrogen and oxygen atoms in total. The van der Waals surface area contributed by atoms with Crippen LogP contribution in [0, 0.1) is 0 Å². The average Bonchev–Trinajstić information content (AvgIpc) is 2.29. The van der Waals surface area contributed by atoms with Gasteiger partial charge in [0.1, 0.15) is 4.90 Å². The van der Waals surface area contributed by atoms with E-state index in [9.17, 15) is 8.42 Å². The summed E-state index contributed by atoms with van der Waals surface area (Å²) in [6.07, 6.45) is 1.42. The molecule has 94 valence electrons. The maximum atomic E-state index is 11.9. The van der Waals surface area contributed by atoms with Crippen molar-refractivity contribution in [2.45, 2.75) is 4.90 Å². The molecule has 0 saturated heterocycles. The Morgan fingerprint density at radius 3 is 2.50 bits per heavy atom. The molecule has 0 unspecified atom stereocenters. The molecule has 7 heteroatoms. The minimum atomic E-state index is -4.01. The van der Waals surface area contributed by atoms with Gasteiger partial charge in [0.25, 0.3) is 0 Å². The van der Waals surface area contributed by atoms with E-state index in [0.717, 1.165) is 0 Å². The lowest BCUT2D eigenvalue weighted by Gasteiger charge is -2.07. The van der Waals surface area contributed by atoms with E-state index in [1.165, 1.54) is 30.5 Å². The molecule has 0 amide bonds. The monoisotopic (exact) mass is 303 g/mol. The van der Waals surface area contributed by atoms with Gasteiger partial charge in [0, 0.05) is 17.3 Å². The van der Waals surface area contributed by atoms with Gasteiger partial charge in [-0.25, -0.2) is 4.98 Å². The summed E-state index contributed by atoms with van der Waals surface area (Å²) in [4.78, 5) is 3.61. The van der Waals surface area contributed by atoms with Crippen LogP contribution in [0.5, 0.6) is 5.88 Å². The molecule has 0 aliphatic rings. The standard InChI is InChI=1S/C11H7Cl2NO3S/c12-8-4-5-10(9(13)7-8)18(15,16)17-11-3-1-2-6-14-11/h1-7H. The Labute approximate surface area is 114 Å². The number of pyridine rings is 1. The van der Waals surface area contributed by atoms with Gasteiger partial charge >= 0.3 is 10.1 Å². The summed E-state index contributed by atoms with van der Waals surface area (Å²) in [7, 11) is -4.01. The van der Waals surface area contributed by atoms with Gasteiger partial charge in [0.15, 0.2) is 0 Å². The van der Waals surface area contributed by atoms with Crippen LogP contribution >= 0.6 is 23.2 Å². The largest absolute Gasteiger partial charge is 0.358 e. The van der Waals surface area contributed by atoms with Gasteiger partial charge in [-0.15, -0.1) is 0 Å². The fraction of sp³-hybridized carbons (Fsp3) is 0. The number of benzene rings is 1. The molecule has 2 aromatic rings. The highest BCUT2D eigenvalue weighted by Gasteiger charge is 2.20. The summed E-state index contributed by atoms with van der Waals surface area (Å²) in [6, 6.07) is 8.72. The topological polar surface area (TPSA) is 56.3 Å². The van der Waals surface area contributed by atoms with Crippen molar-refractivity contribution in [3.63, 3.8) is 0 Å². The first kappa shape index (κ1) is 13.1. The van der Waals surface area contributed by atoms with E-state index in [0.29, 0.717) is 5.02 Å². The lowest BCUT2D eigenvalue weighted by molar-refractivity contribution is 0.476. The first-order valence-corrected chi connectivity index (χ1v) is 6.96. The highest BCUT2D eigenvalue weighted by Crippen LogP contribution is 2.26. The van der Waals surface area contributed by atoms with Gasteiger partial charge in [-0.3, -0.25) is 0 Å². The molecule has 0 bridgehead atoms. The minimum absolute atomic E-state index is 0.00145. The highest BCUT2D eigenvalue weighted by molar-refractivity contribution is 7.87. The first-order chi connectivity index (χ1) is 8.49. The molecule has 0 aliphatic carbocycles. The van der Waals surface area contributed by atoms with Crippen molar-refractivity contribution in [2.75, 3.05) is 0 Å². The normalized spacial score (nSPS) is 11.2. The summed E-state index contributed by atoms with van der Waals surface area (Å²) in [6.45, 7) is 0. The maximum absolute atomic E-state index is 11.9. The maximum Gasteiger partial charge on any atom is 0.342 e. The molecule has 0 saturated carbocycles. The average molecular weight is 304 g/mol. The molecule has 2 rings (SSSR count). The smallest absolute Gasteiger partial charge is 0.342 e. The SMILES string of the molecule is O=S(=O)(Oc1ccccn1)c1ccc(Cl)cc1Cl. The number of halogens is 2. The predicted octanol–water partition coefficient (Wildman–Crippen LogP) is 3.16. The number of nitrogens with zero attached hydrogens (tertiary/aromatic N) is 1. The number of hydrogen-bond donors (Lipinski definition) is 0. The third kappa shape index (κ3) is 2.93. The first-order valence-electron chi connectivity index (χ1n) is 4.79. The quantitative estimate of drug-likeness (QED) is 0.817. The molecule has 0 spiro atoms. The summed E-state index contributed by atoms with van der Waals surface area (Å²) in [5, 5.41) is 0.343. The van der Waals surface area contributed by atoms with Crippen LogP contribution in [-0.4, -0.2) is 13.4 Å². The second-order valence-corrected chi connectivity index (χ2v) is 5.64. The molecule has 1 heterocycles. The fourth-order valence-electron chi connectivity index (χ4n) is 1.23. The van der Waals surface area contributed by atoms with Gasteiger partial charge in [0.05, 0.1) is 5.02 Å². The summed E-state index contributed by atoms with van der Waals surface area (Å²) in [5.74, 6) is -0.0245. The van der Waals surface area contributed by atoms with Crippen molar-refractivity contribution in [1.29, 1.82) is 0 Å². The molecule has 18 heavy (non-hydrogen) atoms. The zero-order chi connectivity index (χ0) is 13.2. The van der Waals surface area contributed by atoms with Crippen molar-refractivity contribution in [2.24, 2.45) is 0 Å². The fourth-order valence-corrected chi connectivity index (χ4v) is 2.87. The molecule has 0 fully saturated rings. The van der Waals surface area contributed by atoms with Crippen molar-refractivity contribution >= 4 is 33.3 Å². The molecule has 0 aliphatic heterocycles. The van der Waals surface area contributed by atoms with Crippen molar-refractivity contribution in [3.8, 4) is 5.88 Å². The molecular formula is C11H7Cl2NO3S. The zero-order valence-corrected chi connectivity index (χ0v) is 11.2. The molecule has 1 aromatic carbocycles. The van der Waals surface area contributed by atoms with Gasteiger partial charge in [-0.05, 0) is 24.3 Å². The third-order valence-electron chi connectivity index (χ3n) is 2.00. The highest BCUT2D eigenvalue weighted by atomic mass is 35.5. The van der Waals surface area contributed by atoms with E-state index in [2.05, 4.69) is 4.98 Å². The van der Waals surface area contributed by atoms with E-state index < -0.39 is 10.1 Å². The second-order valence-electron chi connectivity index (χ2n) is 3.28. The van der Waals surface area contributed by atoms with Gasteiger partial charge in [-0.2, -0.15) is 8.42 Å². The van der Waals surface area contributed by atoms with E-state index >= 15 is 0 Å². The number of rotatable bonds is 3. The third-order valence-corrected chi connectivity index (χ3v) is 3.94. The molecule has 0 N–H and O–H groups in total. The van der Waals surface area contributed by atoms with E-state index in [4.69, 9.17) is 27.4 Å². The van der Waals surface area contributed by atoms with Crippen LogP contribution in [0.4, 0.5) is 0 Å². The van der Waals surface area contributed by atoms with Crippen molar-refractivity contribution in [3.05, 3.63) is 52.6 Å². The van der Waals surface area contributed by atoms with E-state index in [-0.39, 0.29) is 15.8 Å². The molecular weight excluding hydrogens is 297 g/mol.